The van der Waals surface area contributed by atoms with Gasteiger partial charge in [0.15, 0.2) is 10.8 Å². The number of H-pyrrole nitrogens is 1. The molecule has 0 bridgehead atoms. The van der Waals surface area contributed by atoms with Gasteiger partial charge in [-0.2, -0.15) is 0 Å². The lowest BCUT2D eigenvalue weighted by Crippen LogP contribution is -2.22. The molecule has 162 valence electrons. The van der Waals surface area contributed by atoms with Gasteiger partial charge in [-0.15, -0.1) is 10.2 Å². The average molecular weight is 455 g/mol. The monoisotopic (exact) mass is 455 g/mol. The average Bonchev–Trinajstić information content (AvgIpc) is 3.17. The number of aromatic nitrogens is 3. The molecule has 2 aromatic heterocycles. The van der Waals surface area contributed by atoms with Crippen molar-refractivity contribution >= 4 is 45.2 Å². The van der Waals surface area contributed by atoms with Crippen molar-refractivity contribution in [2.45, 2.75) is 5.16 Å². The van der Waals surface area contributed by atoms with E-state index in [0.29, 0.717) is 32.6 Å². The maximum absolute atomic E-state index is 13.2. The van der Waals surface area contributed by atoms with Crippen molar-refractivity contribution in [3.05, 3.63) is 89.2 Å². The van der Waals surface area contributed by atoms with Crippen LogP contribution in [0.5, 0.6) is 5.88 Å². The van der Waals surface area contributed by atoms with Gasteiger partial charge in [0.05, 0.1) is 27.9 Å². The van der Waals surface area contributed by atoms with E-state index in [0.717, 1.165) is 11.8 Å². The van der Waals surface area contributed by atoms with E-state index in [1.807, 2.05) is 42.5 Å². The largest absolute Gasteiger partial charge is 0.493 e. The van der Waals surface area contributed by atoms with Crippen LogP contribution in [-0.2, 0) is 4.79 Å². The number of azo groups is 1. The maximum Gasteiger partial charge on any atom is 0.275 e. The summed E-state index contributed by atoms with van der Waals surface area (Å²) in [5.74, 6) is -0.759. The van der Waals surface area contributed by atoms with Gasteiger partial charge < -0.3 is 10.1 Å². The van der Waals surface area contributed by atoms with Crippen LogP contribution >= 0.6 is 11.8 Å². The van der Waals surface area contributed by atoms with Crippen molar-refractivity contribution in [1.29, 1.82) is 0 Å². The zero-order valence-electron chi connectivity index (χ0n) is 17.2. The van der Waals surface area contributed by atoms with Gasteiger partial charge in [0.2, 0.25) is 5.88 Å². The Kier molecular flexibility index (Phi) is 5.45. The van der Waals surface area contributed by atoms with E-state index in [1.165, 1.54) is 4.57 Å². The van der Waals surface area contributed by atoms with Gasteiger partial charge in [-0.3, -0.25) is 14.2 Å². The Hall–Kier alpha value is -4.24. The third-order valence-electron chi connectivity index (χ3n) is 5.01. The highest BCUT2D eigenvalue weighted by molar-refractivity contribution is 7.99. The quantitative estimate of drug-likeness (QED) is 0.221. The second kappa shape index (κ2) is 8.71. The van der Waals surface area contributed by atoms with Crippen molar-refractivity contribution in [1.82, 2.24) is 14.5 Å². The van der Waals surface area contributed by atoms with Gasteiger partial charge in [-0.25, -0.2) is 4.98 Å². The minimum Gasteiger partial charge on any atom is -0.493 e. The Balaban J connectivity index is 1.44. The molecular formula is C24H17N5O3S. The van der Waals surface area contributed by atoms with E-state index in [1.54, 1.807) is 36.4 Å². The topological polar surface area (TPSA) is 113 Å². The Morgan fingerprint density at radius 1 is 0.970 bits per heavy atom. The molecule has 0 fully saturated rings. The molecule has 1 amide bonds. The summed E-state index contributed by atoms with van der Waals surface area (Å²) >= 11 is 1.10. The molecule has 0 radical (unpaired) electrons. The molecule has 0 aliphatic carbocycles. The highest BCUT2D eigenvalue weighted by Crippen LogP contribution is 2.35. The van der Waals surface area contributed by atoms with Crippen LogP contribution in [0.2, 0.25) is 0 Å². The summed E-state index contributed by atoms with van der Waals surface area (Å²) in [7, 11) is 0. The van der Waals surface area contributed by atoms with Crippen LogP contribution in [0.25, 0.3) is 27.5 Å². The molecule has 5 aromatic rings. The summed E-state index contributed by atoms with van der Waals surface area (Å²) in [4.78, 5) is 33.1. The van der Waals surface area contributed by atoms with E-state index in [-0.39, 0.29) is 22.9 Å². The van der Waals surface area contributed by atoms with Crippen molar-refractivity contribution in [2.75, 3.05) is 5.75 Å². The molecule has 0 saturated carbocycles. The molecule has 2 heterocycles. The first-order chi connectivity index (χ1) is 16.1. The molecule has 9 heteroatoms. The second-order valence-electron chi connectivity index (χ2n) is 7.14. The van der Waals surface area contributed by atoms with Gasteiger partial charge in [-0.05, 0) is 30.3 Å². The Morgan fingerprint density at radius 2 is 1.67 bits per heavy atom. The summed E-state index contributed by atoms with van der Waals surface area (Å²) < 4.78 is 1.49. The van der Waals surface area contributed by atoms with E-state index in [2.05, 4.69) is 20.2 Å². The Morgan fingerprint density at radius 3 is 2.48 bits per heavy atom. The summed E-state index contributed by atoms with van der Waals surface area (Å²) in [6.45, 7) is 0. The minimum atomic E-state index is -0.522. The summed E-state index contributed by atoms with van der Waals surface area (Å²) in [5.41, 5.74) is 1.88. The standard InChI is InChI=1S/C24H17N5O3S/c30-20(27-28-21-16-10-4-6-12-18(16)25-22(21)31)14-33-24-26-19-13-7-5-11-17(19)23(32)29(24)15-8-2-1-3-9-15/h1-13,25,31H,14H2. The molecule has 0 atom stereocenters. The van der Waals surface area contributed by atoms with Crippen molar-refractivity contribution in [2.24, 2.45) is 10.2 Å². The minimum absolute atomic E-state index is 0.0791. The van der Waals surface area contributed by atoms with Crippen LogP contribution in [-0.4, -0.2) is 31.3 Å². The fourth-order valence-electron chi connectivity index (χ4n) is 3.49. The summed E-state index contributed by atoms with van der Waals surface area (Å²) in [6.07, 6.45) is 0. The first-order valence-electron chi connectivity index (χ1n) is 10.1. The molecule has 8 nitrogen and oxygen atoms in total. The van der Waals surface area contributed by atoms with Crippen LogP contribution in [0, 0.1) is 0 Å². The summed E-state index contributed by atoms with van der Waals surface area (Å²) in [5, 5.41) is 19.3. The highest BCUT2D eigenvalue weighted by atomic mass is 32.2. The molecule has 0 unspecified atom stereocenters. The number of rotatable bonds is 5. The van der Waals surface area contributed by atoms with E-state index in [9.17, 15) is 14.7 Å². The normalized spacial score (nSPS) is 11.5. The molecule has 33 heavy (non-hydrogen) atoms. The molecule has 0 spiro atoms. The van der Waals surface area contributed by atoms with E-state index >= 15 is 0 Å². The number of fused-ring (bicyclic) bond motifs is 2. The SMILES string of the molecule is O=C(CSc1nc2ccccc2c(=O)n1-c1ccccc1)N=Nc1c(O)[nH]c2ccccc12. The van der Waals surface area contributed by atoms with E-state index < -0.39 is 5.91 Å². The third-order valence-corrected chi connectivity index (χ3v) is 5.93. The van der Waals surface area contributed by atoms with Crippen LogP contribution in [0.1, 0.15) is 0 Å². The first-order valence-corrected chi connectivity index (χ1v) is 11.0. The van der Waals surface area contributed by atoms with Gasteiger partial charge in [0.25, 0.3) is 11.5 Å². The van der Waals surface area contributed by atoms with Crippen molar-refractivity contribution in [3.63, 3.8) is 0 Å². The number of nitrogens with zero attached hydrogens (tertiary/aromatic N) is 4. The predicted octanol–water partition coefficient (Wildman–Crippen LogP) is 4.98. The number of amides is 1. The van der Waals surface area contributed by atoms with Crippen molar-refractivity contribution < 1.29 is 9.90 Å². The molecule has 0 saturated heterocycles. The van der Waals surface area contributed by atoms with Gasteiger partial charge >= 0.3 is 0 Å². The molecule has 2 N–H and O–H groups in total. The fourth-order valence-corrected chi connectivity index (χ4v) is 4.28. The van der Waals surface area contributed by atoms with Crippen molar-refractivity contribution in [3.8, 4) is 11.6 Å². The number of aromatic amines is 1. The zero-order valence-corrected chi connectivity index (χ0v) is 18.0. The number of aromatic hydroxyl groups is 1. The molecular weight excluding hydrogens is 438 g/mol. The van der Waals surface area contributed by atoms with Crippen LogP contribution in [0.4, 0.5) is 5.69 Å². The number of nitrogens with one attached hydrogen (secondary N) is 1. The second-order valence-corrected chi connectivity index (χ2v) is 8.08. The van der Waals surface area contributed by atoms with Gasteiger partial charge in [0.1, 0.15) is 0 Å². The lowest BCUT2D eigenvalue weighted by atomic mass is 10.2. The smallest absolute Gasteiger partial charge is 0.275 e. The summed E-state index contributed by atoms with van der Waals surface area (Å²) in [6, 6.07) is 23.4. The number of benzene rings is 3. The predicted molar refractivity (Wildman–Crippen MR) is 128 cm³/mol. The lowest BCUT2D eigenvalue weighted by molar-refractivity contribution is -0.115. The molecule has 3 aromatic carbocycles. The Bertz CT molecular complexity index is 1570. The maximum atomic E-state index is 13.2. The zero-order chi connectivity index (χ0) is 22.8. The number of carbonyl (C=O) groups excluding carboxylic acids is 1. The van der Waals surface area contributed by atoms with Gasteiger partial charge in [0, 0.05) is 5.39 Å². The number of hydrogen-bond acceptors (Lipinski definition) is 6. The molecule has 0 aliphatic heterocycles. The van der Waals surface area contributed by atoms with E-state index in [4.69, 9.17) is 0 Å². The number of hydrogen-bond donors (Lipinski definition) is 2. The van der Waals surface area contributed by atoms with Crippen LogP contribution in [0.15, 0.2) is 99.0 Å². The molecule has 5 rings (SSSR count). The number of thioether (sulfide) groups is 1. The third kappa shape index (κ3) is 4.01. The van der Waals surface area contributed by atoms with Gasteiger partial charge in [-0.1, -0.05) is 60.3 Å². The fraction of sp³-hybridized carbons (Fsp3) is 0.0417. The lowest BCUT2D eigenvalue weighted by Gasteiger charge is -2.12. The van der Waals surface area contributed by atoms with Crippen LogP contribution < -0.4 is 5.56 Å². The number of carbonyl (C=O) groups is 1. The highest BCUT2D eigenvalue weighted by Gasteiger charge is 2.15. The molecule has 0 aliphatic rings. The van der Waals surface area contributed by atoms with Crippen LogP contribution in [0.3, 0.4) is 0 Å². The number of para-hydroxylation sites is 3. The first kappa shape index (κ1) is 20.7. The Labute approximate surface area is 191 Å².